The van der Waals surface area contributed by atoms with Crippen molar-refractivity contribution >= 4 is 41.0 Å². The third kappa shape index (κ3) is 6.14. The van der Waals surface area contributed by atoms with E-state index in [4.69, 9.17) is 9.47 Å². The van der Waals surface area contributed by atoms with Crippen molar-refractivity contribution in [3.63, 3.8) is 0 Å². The first-order valence-electron chi connectivity index (χ1n) is 9.85. The highest BCUT2D eigenvalue weighted by Gasteiger charge is 2.26. The quantitative estimate of drug-likeness (QED) is 0.503. The van der Waals surface area contributed by atoms with E-state index >= 15 is 0 Å². The van der Waals surface area contributed by atoms with Gasteiger partial charge < -0.3 is 19.3 Å². The van der Waals surface area contributed by atoms with Gasteiger partial charge in [0.2, 0.25) is 0 Å². The molecule has 0 N–H and O–H groups in total. The maximum atomic E-state index is 13.2. The highest BCUT2D eigenvalue weighted by molar-refractivity contribution is 7.11. The summed E-state index contributed by atoms with van der Waals surface area (Å²) < 4.78 is 23.4. The fourth-order valence-corrected chi connectivity index (χ4v) is 3.77. The molecular formula is C22H23FN2O5S. The van der Waals surface area contributed by atoms with Crippen molar-refractivity contribution in [2.75, 3.05) is 39.4 Å². The van der Waals surface area contributed by atoms with E-state index in [9.17, 15) is 18.8 Å². The molecule has 1 saturated heterocycles. The van der Waals surface area contributed by atoms with E-state index in [-0.39, 0.29) is 11.7 Å². The average molecular weight is 447 g/mol. The number of esters is 1. The molecule has 3 rings (SSSR count). The molecule has 1 aliphatic heterocycles. The van der Waals surface area contributed by atoms with Gasteiger partial charge in [0.15, 0.2) is 6.61 Å². The first kappa shape index (κ1) is 22.5. The Hall–Kier alpha value is -3.20. The van der Waals surface area contributed by atoms with Gasteiger partial charge in [-0.05, 0) is 42.1 Å². The van der Waals surface area contributed by atoms with Crippen molar-refractivity contribution in [3.05, 3.63) is 58.0 Å². The molecule has 2 amide bonds. The summed E-state index contributed by atoms with van der Waals surface area (Å²) in [7, 11) is 0. The van der Waals surface area contributed by atoms with Gasteiger partial charge in [0, 0.05) is 31.1 Å². The molecule has 31 heavy (non-hydrogen) atoms. The highest BCUT2D eigenvalue weighted by atomic mass is 32.1. The maximum Gasteiger partial charge on any atom is 0.409 e. The Morgan fingerprint density at radius 2 is 1.71 bits per heavy atom. The lowest BCUT2D eigenvalue weighted by atomic mass is 10.1. The Morgan fingerprint density at radius 3 is 2.32 bits per heavy atom. The van der Waals surface area contributed by atoms with Gasteiger partial charge in [-0.25, -0.2) is 14.0 Å². The predicted molar refractivity (Wildman–Crippen MR) is 115 cm³/mol. The monoisotopic (exact) mass is 446 g/mol. The van der Waals surface area contributed by atoms with Gasteiger partial charge in [-0.3, -0.25) is 4.79 Å². The molecule has 164 valence electrons. The lowest BCUT2D eigenvalue weighted by molar-refractivity contribution is -0.148. The fourth-order valence-electron chi connectivity index (χ4n) is 3.04. The van der Waals surface area contributed by atoms with Gasteiger partial charge in [-0.15, -0.1) is 11.3 Å². The highest BCUT2D eigenvalue weighted by Crippen LogP contribution is 2.24. The molecule has 0 unspecified atom stereocenters. The Morgan fingerprint density at radius 1 is 1.03 bits per heavy atom. The van der Waals surface area contributed by atoms with E-state index in [1.165, 1.54) is 23.5 Å². The Balaban J connectivity index is 1.59. The second-order valence-electron chi connectivity index (χ2n) is 6.73. The Kier molecular flexibility index (Phi) is 7.77. The summed E-state index contributed by atoms with van der Waals surface area (Å²) >= 11 is 1.36. The van der Waals surface area contributed by atoms with E-state index in [1.807, 2.05) is 5.38 Å². The molecule has 1 aromatic carbocycles. The predicted octanol–water partition coefficient (Wildman–Crippen LogP) is 3.27. The topological polar surface area (TPSA) is 76.2 Å². The van der Waals surface area contributed by atoms with Crippen LogP contribution in [0.4, 0.5) is 9.18 Å². The van der Waals surface area contributed by atoms with Crippen LogP contribution in [0, 0.1) is 5.82 Å². The molecule has 1 fully saturated rings. The van der Waals surface area contributed by atoms with Crippen LogP contribution in [0.25, 0.3) is 11.6 Å². The number of carbonyl (C=O) groups is 3. The van der Waals surface area contributed by atoms with Crippen molar-refractivity contribution < 1.29 is 28.2 Å². The third-order valence-corrected chi connectivity index (χ3v) is 5.58. The first-order valence-corrected chi connectivity index (χ1v) is 10.7. The van der Waals surface area contributed by atoms with E-state index in [2.05, 4.69) is 0 Å². The summed E-state index contributed by atoms with van der Waals surface area (Å²) in [6.07, 6.45) is 1.21. The van der Waals surface area contributed by atoms with Crippen LogP contribution in [0.2, 0.25) is 0 Å². The van der Waals surface area contributed by atoms with Crippen molar-refractivity contribution in [1.82, 2.24) is 9.80 Å². The number of hydrogen-bond donors (Lipinski definition) is 0. The molecule has 7 nitrogen and oxygen atoms in total. The summed E-state index contributed by atoms with van der Waals surface area (Å²) in [5, 5.41) is 1.83. The number of hydrogen-bond acceptors (Lipinski definition) is 6. The second-order valence-corrected chi connectivity index (χ2v) is 7.68. The minimum atomic E-state index is -0.634. The summed E-state index contributed by atoms with van der Waals surface area (Å²) in [5.41, 5.74) is 0.935. The Bertz CT molecular complexity index is 935. The van der Waals surface area contributed by atoms with Gasteiger partial charge in [0.05, 0.1) is 12.2 Å². The number of benzene rings is 1. The summed E-state index contributed by atoms with van der Waals surface area (Å²) in [4.78, 5) is 40.7. The van der Waals surface area contributed by atoms with Crippen LogP contribution in [-0.4, -0.2) is 67.2 Å². The summed E-state index contributed by atoms with van der Waals surface area (Å²) in [6, 6.07) is 9.32. The molecule has 1 aliphatic rings. The number of ether oxygens (including phenoxy) is 2. The number of rotatable bonds is 6. The number of carbonyl (C=O) groups excluding carboxylic acids is 3. The van der Waals surface area contributed by atoms with Gasteiger partial charge in [0.25, 0.3) is 5.91 Å². The third-order valence-electron chi connectivity index (χ3n) is 4.67. The lowest BCUT2D eigenvalue weighted by Crippen LogP contribution is -2.51. The van der Waals surface area contributed by atoms with E-state index in [0.29, 0.717) is 48.8 Å². The van der Waals surface area contributed by atoms with Crippen molar-refractivity contribution in [2.45, 2.75) is 6.92 Å². The summed E-state index contributed by atoms with van der Waals surface area (Å²) in [6.45, 7) is 3.06. The van der Waals surface area contributed by atoms with Crippen molar-refractivity contribution in [1.29, 1.82) is 0 Å². The zero-order valence-electron chi connectivity index (χ0n) is 17.1. The zero-order valence-corrected chi connectivity index (χ0v) is 17.9. The van der Waals surface area contributed by atoms with Crippen LogP contribution < -0.4 is 0 Å². The second kappa shape index (κ2) is 10.7. The maximum absolute atomic E-state index is 13.2. The minimum absolute atomic E-state index is 0.293. The number of nitrogens with zero attached hydrogens (tertiary/aromatic N) is 2. The molecule has 0 aliphatic carbocycles. The molecule has 1 aromatic heterocycles. The number of amides is 2. The molecular weight excluding hydrogens is 423 g/mol. The zero-order chi connectivity index (χ0) is 22.2. The van der Waals surface area contributed by atoms with Crippen LogP contribution in [0.1, 0.15) is 17.4 Å². The largest absolute Gasteiger partial charge is 0.452 e. The van der Waals surface area contributed by atoms with Crippen molar-refractivity contribution in [2.24, 2.45) is 0 Å². The molecule has 0 saturated carbocycles. The van der Waals surface area contributed by atoms with Gasteiger partial charge in [0.1, 0.15) is 5.82 Å². The van der Waals surface area contributed by atoms with Crippen molar-refractivity contribution in [3.8, 4) is 0 Å². The molecule has 9 heteroatoms. The van der Waals surface area contributed by atoms with Crippen LogP contribution >= 0.6 is 11.3 Å². The van der Waals surface area contributed by atoms with Crippen LogP contribution in [0.3, 0.4) is 0 Å². The Labute approximate surface area is 183 Å². The van der Waals surface area contributed by atoms with Crippen LogP contribution in [0.15, 0.2) is 41.8 Å². The van der Waals surface area contributed by atoms with Crippen LogP contribution in [-0.2, 0) is 19.1 Å². The molecule has 0 bridgehead atoms. The smallest absolute Gasteiger partial charge is 0.409 e. The molecule has 0 spiro atoms. The molecule has 2 aromatic rings. The van der Waals surface area contributed by atoms with E-state index in [0.717, 1.165) is 0 Å². The number of halogens is 1. The average Bonchev–Trinajstić information content (AvgIpc) is 3.31. The number of piperazine rings is 1. The van der Waals surface area contributed by atoms with Gasteiger partial charge >= 0.3 is 12.1 Å². The molecule has 2 heterocycles. The first-order chi connectivity index (χ1) is 15.0. The van der Waals surface area contributed by atoms with Gasteiger partial charge in [-0.2, -0.15) is 0 Å². The lowest BCUT2D eigenvalue weighted by Gasteiger charge is -2.33. The van der Waals surface area contributed by atoms with E-state index in [1.54, 1.807) is 47.1 Å². The normalized spacial score (nSPS) is 14.3. The summed E-state index contributed by atoms with van der Waals surface area (Å²) in [5.74, 6) is -1.33. The fraction of sp³-hybridized carbons (Fsp3) is 0.318. The van der Waals surface area contributed by atoms with E-state index < -0.39 is 18.7 Å². The number of thiophene rings is 1. The molecule has 0 atom stereocenters. The minimum Gasteiger partial charge on any atom is -0.452 e. The van der Waals surface area contributed by atoms with Gasteiger partial charge in [-0.1, -0.05) is 18.2 Å². The standard InChI is InChI=1S/C22H23FN2O5S/c1-2-29-22(28)25-11-9-24(10-12-25)20(26)15-30-21(27)18(19-4-3-13-31-19)14-16-5-7-17(23)8-6-16/h3-8,13-14H,2,9-12,15H2,1H3/b18-14+. The SMILES string of the molecule is CCOC(=O)N1CCN(C(=O)COC(=O)/C(=C/c2ccc(F)cc2)c2cccs2)CC1. The molecule has 0 radical (unpaired) electrons. The van der Waals surface area contributed by atoms with Crippen LogP contribution in [0.5, 0.6) is 0 Å².